The molecular weight excluding hydrogens is 777 g/mol. The molecule has 8 rings (SSSR count). The Kier molecular flexibility index (Phi) is 13.0. The highest BCUT2D eigenvalue weighted by atomic mass is 32.1. The molecule has 59 heavy (non-hydrogen) atoms. The minimum Gasteiger partial charge on any atom is -0.494 e. The first-order valence-electron chi connectivity index (χ1n) is 18.9. The van der Waals surface area contributed by atoms with Gasteiger partial charge in [0.1, 0.15) is 34.8 Å². The van der Waals surface area contributed by atoms with Crippen LogP contribution < -0.4 is 9.47 Å². The van der Waals surface area contributed by atoms with Gasteiger partial charge in [-0.05, 0) is 122 Å². The van der Waals surface area contributed by atoms with Gasteiger partial charge in [0.2, 0.25) is 0 Å². The zero-order chi connectivity index (χ0) is 41.1. The Morgan fingerprint density at radius 3 is 1.58 bits per heavy atom. The normalized spacial score (nSPS) is 11.0. The highest BCUT2D eigenvalue weighted by molar-refractivity contribution is 7.08. The lowest BCUT2D eigenvalue weighted by molar-refractivity contribution is -0.138. The molecule has 11 nitrogen and oxygen atoms in total. The van der Waals surface area contributed by atoms with Crippen molar-refractivity contribution < 1.29 is 38.1 Å². The van der Waals surface area contributed by atoms with Crippen molar-refractivity contribution in [1.82, 2.24) is 24.1 Å². The maximum absolute atomic E-state index is 13.5. The number of halogens is 2. The number of benzene rings is 4. The molecule has 4 aromatic carbocycles. The largest absolute Gasteiger partial charge is 0.494 e. The van der Waals surface area contributed by atoms with Crippen LogP contribution >= 0.6 is 11.3 Å². The molecule has 0 aliphatic rings. The summed E-state index contributed by atoms with van der Waals surface area (Å²) in [4.78, 5) is 34.9. The fourth-order valence-corrected chi connectivity index (χ4v) is 7.04. The Balaban J connectivity index is 0.000000179. The van der Waals surface area contributed by atoms with Gasteiger partial charge < -0.3 is 19.7 Å². The number of carboxylic acids is 2. The van der Waals surface area contributed by atoms with Crippen LogP contribution in [0.4, 0.5) is 8.78 Å². The van der Waals surface area contributed by atoms with E-state index >= 15 is 0 Å². The van der Waals surface area contributed by atoms with E-state index in [1.165, 1.54) is 24.3 Å². The molecule has 0 aliphatic heterocycles. The second-order valence-electron chi connectivity index (χ2n) is 13.4. The molecule has 0 bridgehead atoms. The number of rotatable bonds is 16. The maximum atomic E-state index is 13.5. The number of aliphatic carboxylic acids is 2. The number of hydrogen-bond donors (Lipinski definition) is 2. The van der Waals surface area contributed by atoms with Crippen LogP contribution in [0, 0.1) is 11.6 Å². The third-order valence-corrected chi connectivity index (χ3v) is 9.91. The summed E-state index contributed by atoms with van der Waals surface area (Å²) in [6.45, 7) is 0.875. The fraction of sp³-hybridized carbons (Fsp3) is 0.178. The molecule has 0 spiro atoms. The van der Waals surface area contributed by atoms with Gasteiger partial charge in [0.25, 0.3) is 0 Å². The molecule has 0 atom stereocenters. The zero-order valence-corrected chi connectivity index (χ0v) is 32.5. The van der Waals surface area contributed by atoms with Gasteiger partial charge in [-0.2, -0.15) is 11.3 Å². The Morgan fingerprint density at radius 2 is 1.14 bits per heavy atom. The van der Waals surface area contributed by atoms with Crippen molar-refractivity contribution in [3.63, 3.8) is 0 Å². The van der Waals surface area contributed by atoms with E-state index < -0.39 is 11.9 Å². The lowest BCUT2D eigenvalue weighted by Crippen LogP contribution is -2.01. The van der Waals surface area contributed by atoms with Crippen molar-refractivity contribution in [2.75, 3.05) is 13.2 Å². The maximum Gasteiger partial charge on any atom is 0.303 e. The van der Waals surface area contributed by atoms with Crippen LogP contribution in [-0.2, 0) is 9.59 Å². The van der Waals surface area contributed by atoms with Crippen molar-refractivity contribution in [1.29, 1.82) is 0 Å². The Hall–Kier alpha value is -6.93. The number of hydrogen-bond acceptors (Lipinski definition) is 8. The number of thiophene rings is 1. The number of ether oxygens (including phenoxy) is 2. The predicted molar refractivity (Wildman–Crippen MR) is 223 cm³/mol. The van der Waals surface area contributed by atoms with E-state index in [9.17, 15) is 18.4 Å². The van der Waals surface area contributed by atoms with Crippen molar-refractivity contribution in [3.8, 4) is 45.6 Å². The quantitative estimate of drug-likeness (QED) is 0.0912. The van der Waals surface area contributed by atoms with Crippen LogP contribution in [-0.4, -0.2) is 59.5 Å². The molecule has 300 valence electrons. The molecule has 0 saturated carbocycles. The van der Waals surface area contributed by atoms with Gasteiger partial charge in [0, 0.05) is 65.2 Å². The van der Waals surface area contributed by atoms with E-state index in [0.717, 1.165) is 50.4 Å². The van der Waals surface area contributed by atoms with E-state index in [1.54, 1.807) is 48.0 Å². The first-order valence-corrected chi connectivity index (χ1v) is 19.9. The first kappa shape index (κ1) is 40.3. The predicted octanol–water partition coefficient (Wildman–Crippen LogP) is 10.4. The minimum atomic E-state index is -0.803. The number of imidazole rings is 2. The Labute approximate surface area is 341 Å². The summed E-state index contributed by atoms with van der Waals surface area (Å²) >= 11 is 1.59. The Bertz CT molecular complexity index is 2650. The van der Waals surface area contributed by atoms with Gasteiger partial charge in [0.05, 0.1) is 35.3 Å². The van der Waals surface area contributed by atoms with Crippen molar-refractivity contribution in [2.24, 2.45) is 0 Å². The summed E-state index contributed by atoms with van der Waals surface area (Å²) in [6, 6.07) is 29.6. The van der Waals surface area contributed by atoms with Crippen LogP contribution in [0.15, 0.2) is 126 Å². The van der Waals surface area contributed by atoms with Gasteiger partial charge in [-0.15, -0.1) is 0 Å². The second kappa shape index (κ2) is 19.0. The number of pyridine rings is 1. The number of carboxylic acid groups (broad SMARTS) is 2. The highest BCUT2D eigenvalue weighted by Crippen LogP contribution is 2.33. The lowest BCUT2D eigenvalue weighted by Gasteiger charge is -2.10. The van der Waals surface area contributed by atoms with E-state index in [0.29, 0.717) is 56.2 Å². The standard InChI is InChI=1S/C23H20FN3O3.C22H19FN2O3S/c24-17-6-8-18(9-7-17)27-21-14-19(30-13-2-1-5-22(28)29)10-11-20(21)26-23(27)16-4-3-12-25-15-16;23-16-4-6-17(7-5-16)25-20-13-18(28-11-2-1-3-21(26)27)8-9-19(20)24-22(25)15-10-12-29-14-15/h3-4,6-12,14-15H,1-2,5,13H2,(H,28,29);4-10,12-14H,1-3,11H2,(H,26,27). The van der Waals surface area contributed by atoms with E-state index in [4.69, 9.17) is 29.7 Å². The van der Waals surface area contributed by atoms with Crippen LogP contribution in [0.25, 0.3) is 56.2 Å². The molecule has 8 aromatic rings. The number of nitrogens with zero attached hydrogens (tertiary/aromatic N) is 5. The van der Waals surface area contributed by atoms with E-state index in [2.05, 4.69) is 4.98 Å². The molecule has 0 aliphatic carbocycles. The summed E-state index contributed by atoms with van der Waals surface area (Å²) in [6.07, 6.45) is 6.18. The lowest BCUT2D eigenvalue weighted by atomic mass is 10.2. The molecule has 0 amide bonds. The molecule has 0 radical (unpaired) electrons. The first-order chi connectivity index (χ1) is 28.7. The molecule has 4 aromatic heterocycles. The van der Waals surface area contributed by atoms with Crippen LogP contribution in [0.2, 0.25) is 0 Å². The number of unbranched alkanes of at least 4 members (excludes halogenated alkanes) is 2. The Morgan fingerprint density at radius 1 is 0.627 bits per heavy atom. The number of carbonyl (C=O) groups is 2. The average Bonchev–Trinajstić information content (AvgIpc) is 4.00. The monoisotopic (exact) mass is 815 g/mol. The molecule has 2 N–H and O–H groups in total. The van der Waals surface area contributed by atoms with Crippen molar-refractivity contribution in [3.05, 3.63) is 138 Å². The highest BCUT2D eigenvalue weighted by Gasteiger charge is 2.17. The second-order valence-corrected chi connectivity index (χ2v) is 14.2. The molecule has 0 fully saturated rings. The summed E-state index contributed by atoms with van der Waals surface area (Å²) in [5.41, 5.74) is 6.69. The molecular formula is C45H39F2N5O6S. The number of fused-ring (bicyclic) bond motifs is 2. The zero-order valence-electron chi connectivity index (χ0n) is 31.7. The third kappa shape index (κ3) is 10.1. The molecule has 0 unspecified atom stereocenters. The smallest absolute Gasteiger partial charge is 0.303 e. The van der Waals surface area contributed by atoms with Gasteiger partial charge in [0.15, 0.2) is 0 Å². The molecule has 14 heteroatoms. The summed E-state index contributed by atoms with van der Waals surface area (Å²) < 4.78 is 42.5. The molecule has 4 heterocycles. The number of aromatic nitrogens is 5. The fourth-order valence-electron chi connectivity index (χ4n) is 6.40. The van der Waals surface area contributed by atoms with Gasteiger partial charge in [-0.1, -0.05) is 0 Å². The average molecular weight is 816 g/mol. The van der Waals surface area contributed by atoms with Crippen LogP contribution in [0.1, 0.15) is 38.5 Å². The SMILES string of the molecule is O=C(O)CCCCOc1ccc2nc(-c3cccnc3)n(-c3ccc(F)cc3)c2c1.O=C(O)CCCCOc1ccc2nc(-c3ccsc3)n(-c3ccc(F)cc3)c2c1. The molecule has 0 saturated heterocycles. The van der Waals surface area contributed by atoms with Crippen molar-refractivity contribution >= 4 is 45.3 Å². The summed E-state index contributed by atoms with van der Waals surface area (Å²) in [5, 5.41) is 21.5. The van der Waals surface area contributed by atoms with E-state index in [1.807, 2.05) is 74.5 Å². The van der Waals surface area contributed by atoms with Gasteiger partial charge in [-0.3, -0.25) is 23.7 Å². The van der Waals surface area contributed by atoms with E-state index in [-0.39, 0.29) is 24.5 Å². The third-order valence-electron chi connectivity index (χ3n) is 9.23. The van der Waals surface area contributed by atoms with Crippen LogP contribution in [0.3, 0.4) is 0 Å². The van der Waals surface area contributed by atoms with Crippen molar-refractivity contribution in [2.45, 2.75) is 38.5 Å². The van der Waals surface area contributed by atoms with Crippen LogP contribution in [0.5, 0.6) is 11.5 Å². The summed E-state index contributed by atoms with van der Waals surface area (Å²) in [7, 11) is 0. The summed E-state index contributed by atoms with van der Waals surface area (Å²) in [5.74, 6) is 0.636. The van der Waals surface area contributed by atoms with Gasteiger partial charge in [-0.25, -0.2) is 18.7 Å². The minimum absolute atomic E-state index is 0.133. The topological polar surface area (TPSA) is 142 Å². The van der Waals surface area contributed by atoms with Gasteiger partial charge >= 0.3 is 11.9 Å².